The Balaban J connectivity index is 6.55. The molecular weight excluding hydrogens is 889 g/mol. The van der Waals surface area contributed by atoms with Crippen molar-refractivity contribution in [2.75, 3.05) is 24.0 Å². The van der Waals surface area contributed by atoms with E-state index in [1.807, 2.05) is 0 Å². The van der Waals surface area contributed by atoms with Crippen LogP contribution in [0.3, 0.4) is 0 Å². The molecule has 0 unspecified atom stereocenters. The lowest BCUT2D eigenvalue weighted by Crippen LogP contribution is -2.61. The molecule has 0 aromatic rings. The van der Waals surface area contributed by atoms with E-state index in [4.69, 9.17) is 5.73 Å². The van der Waals surface area contributed by atoms with Gasteiger partial charge in [-0.05, 0) is 73.4 Å². The third-order valence-corrected chi connectivity index (χ3v) is 11.9. The topological polar surface area (TPSA) is 342 Å². The smallest absolute Gasteiger partial charge is 0.326 e. The number of nitrogens with one attached hydrogen (secondary N) is 7. The molecule has 0 saturated heterocycles. The molecule has 0 aliphatic carbocycles. The Morgan fingerprint density at radius 2 is 0.908 bits per heavy atom. The number of thioether (sulfide) groups is 2. The largest absolute Gasteiger partial charge is 0.481 e. The highest BCUT2D eigenvalue weighted by Gasteiger charge is 2.37. The summed E-state index contributed by atoms with van der Waals surface area (Å²) in [6.07, 6.45) is 2.88. The average Bonchev–Trinajstić information content (AvgIpc) is 3.23. The number of rotatable bonds is 33. The van der Waals surface area contributed by atoms with Crippen molar-refractivity contribution in [2.24, 2.45) is 29.4 Å². The second-order valence-electron chi connectivity index (χ2n) is 16.9. The van der Waals surface area contributed by atoms with Crippen molar-refractivity contribution in [3.05, 3.63) is 0 Å². The van der Waals surface area contributed by atoms with Gasteiger partial charge < -0.3 is 58.3 Å². The Morgan fingerprint density at radius 3 is 1.38 bits per heavy atom. The predicted molar refractivity (Wildman–Crippen MR) is 247 cm³/mol. The number of nitrogens with two attached hydrogens (primary N) is 1. The molecule has 0 saturated carbocycles. The Bertz CT molecular complexity index is 1620. The number of hydrogen-bond acceptors (Lipinski definition) is 13. The molecule has 0 heterocycles. The fourth-order valence-corrected chi connectivity index (χ4v) is 7.22. The van der Waals surface area contributed by atoms with Gasteiger partial charge in [0.1, 0.15) is 42.3 Å². The van der Waals surface area contributed by atoms with Gasteiger partial charge in [-0.1, -0.05) is 68.2 Å². The summed E-state index contributed by atoms with van der Waals surface area (Å²) in [7, 11) is 0. The summed E-state index contributed by atoms with van der Waals surface area (Å²) >= 11 is 2.84. The third kappa shape index (κ3) is 22.9. The number of hydrogen-bond donors (Lipinski definition) is 11. The van der Waals surface area contributed by atoms with E-state index in [0.29, 0.717) is 24.3 Å². The summed E-state index contributed by atoms with van der Waals surface area (Å²) in [5, 5.41) is 46.5. The second-order valence-corrected chi connectivity index (χ2v) is 18.9. The van der Waals surface area contributed by atoms with Gasteiger partial charge in [-0.3, -0.25) is 43.2 Å². The van der Waals surface area contributed by atoms with E-state index < -0.39 is 145 Å². The van der Waals surface area contributed by atoms with Crippen molar-refractivity contribution in [1.29, 1.82) is 0 Å². The van der Waals surface area contributed by atoms with Gasteiger partial charge in [-0.25, -0.2) is 4.79 Å². The molecule has 0 aromatic carbocycles. The van der Waals surface area contributed by atoms with Crippen LogP contribution in [0.15, 0.2) is 0 Å². The third-order valence-electron chi connectivity index (χ3n) is 10.7. The lowest BCUT2D eigenvalue weighted by atomic mass is 9.96. The summed E-state index contributed by atoms with van der Waals surface area (Å²) < 4.78 is 0. The highest BCUT2D eigenvalue weighted by atomic mass is 32.2. The molecule has 0 spiro atoms. The average molecular weight is 963 g/mol. The molecule has 0 rings (SSSR count). The molecule has 0 aliphatic heterocycles. The quantitative estimate of drug-likeness (QED) is 0.0425. The monoisotopic (exact) mass is 962 g/mol. The van der Waals surface area contributed by atoms with Crippen LogP contribution in [0.4, 0.5) is 0 Å². The molecule has 0 fully saturated rings. The molecule has 12 N–H and O–H groups in total. The lowest BCUT2D eigenvalue weighted by molar-refractivity contribution is -0.144. The van der Waals surface area contributed by atoms with Gasteiger partial charge in [0.05, 0.1) is 12.5 Å². The highest BCUT2D eigenvalue weighted by Crippen LogP contribution is 2.14. The standard InChI is InChI=1S/C42H74N8O13S2/c1-11-23(7)33(49-39(59)29(20-31(53)54)46-35(55)25(43)15-17-64-9)41(61)44-26(13-14-30(51)52)36(56)47-28(19-21(3)4)38(58)48-32(22(5)6)40(60)45-27(16-18-65-10)37(57)50-34(42(62)63)24(8)12-2/h21-29,32-34H,11-20,43H2,1-10H3,(H,44,61)(H,45,60)(H,46,55)(H,47,56)(H,48,58)(H,49,59)(H,50,57)(H,51,52)(H,53,54)(H,62,63)/t23-,24-,25-,26-,27-,28-,29-,32-,33-,34-/m0/s1. The van der Waals surface area contributed by atoms with E-state index in [9.17, 15) is 63.3 Å². The van der Waals surface area contributed by atoms with Crippen LogP contribution in [0, 0.1) is 23.7 Å². The number of carbonyl (C=O) groups excluding carboxylic acids is 7. The molecule has 10 atom stereocenters. The van der Waals surface area contributed by atoms with E-state index in [2.05, 4.69) is 37.2 Å². The van der Waals surface area contributed by atoms with E-state index in [-0.39, 0.29) is 25.2 Å². The molecule has 0 aromatic heterocycles. The van der Waals surface area contributed by atoms with E-state index in [1.54, 1.807) is 67.9 Å². The normalized spacial score (nSPS) is 15.9. The Hall–Kier alpha value is -4.64. The first-order valence-corrected chi connectivity index (χ1v) is 24.7. The van der Waals surface area contributed by atoms with Crippen molar-refractivity contribution in [3.8, 4) is 0 Å². The van der Waals surface area contributed by atoms with Crippen LogP contribution in [-0.4, -0.2) is 147 Å². The van der Waals surface area contributed by atoms with Crippen molar-refractivity contribution in [1.82, 2.24) is 37.2 Å². The minimum atomic E-state index is -1.63. The van der Waals surface area contributed by atoms with E-state index >= 15 is 0 Å². The van der Waals surface area contributed by atoms with Crippen LogP contribution in [-0.2, 0) is 47.9 Å². The lowest BCUT2D eigenvalue weighted by Gasteiger charge is -2.30. The zero-order valence-corrected chi connectivity index (χ0v) is 41.0. The van der Waals surface area contributed by atoms with Gasteiger partial charge in [0, 0.05) is 6.42 Å². The van der Waals surface area contributed by atoms with Crippen LogP contribution < -0.4 is 43.0 Å². The summed E-state index contributed by atoms with van der Waals surface area (Å²) in [5.41, 5.74) is 5.92. The number of carboxylic acid groups (broad SMARTS) is 3. The predicted octanol–water partition coefficient (Wildman–Crippen LogP) is 0.432. The Labute approximate surface area is 390 Å². The summed E-state index contributed by atoms with van der Waals surface area (Å²) in [6, 6.07) is -10.6. The van der Waals surface area contributed by atoms with Gasteiger partial charge in [0.25, 0.3) is 0 Å². The maximum atomic E-state index is 14.0. The van der Waals surface area contributed by atoms with Crippen molar-refractivity contribution >= 4 is 82.8 Å². The SMILES string of the molecule is CC[C@H](C)[C@H](NC(=O)[C@H](CCSC)NC(=O)[C@@H](NC(=O)[C@H](CC(C)C)NC(=O)[C@H](CCC(=O)O)NC(=O)[C@@H](NC(=O)[C@H](CC(=O)O)NC(=O)[C@@H](N)CCSC)[C@@H](C)CC)C(C)C)C(=O)O. The molecule has 0 bridgehead atoms. The minimum absolute atomic E-state index is 0.0255. The van der Waals surface area contributed by atoms with Gasteiger partial charge in [0.2, 0.25) is 41.4 Å². The van der Waals surface area contributed by atoms with E-state index in [0.717, 1.165) is 0 Å². The fraction of sp³-hybridized carbons (Fsp3) is 0.762. The number of aliphatic carboxylic acids is 3. The van der Waals surface area contributed by atoms with Crippen LogP contribution in [0.2, 0.25) is 0 Å². The fourth-order valence-electron chi connectivity index (χ4n) is 6.26. The molecule has 7 amide bonds. The first-order chi connectivity index (χ1) is 30.3. The Morgan fingerprint density at radius 1 is 0.492 bits per heavy atom. The zero-order valence-electron chi connectivity index (χ0n) is 39.3. The van der Waals surface area contributed by atoms with Gasteiger partial charge in [-0.2, -0.15) is 23.5 Å². The number of carbonyl (C=O) groups is 10. The van der Waals surface area contributed by atoms with Crippen LogP contribution in [0.5, 0.6) is 0 Å². The summed E-state index contributed by atoms with van der Waals surface area (Å²) in [5.74, 6) is -10.8. The number of carboxylic acids is 3. The van der Waals surface area contributed by atoms with E-state index in [1.165, 1.54) is 23.5 Å². The second kappa shape index (κ2) is 31.3. The maximum Gasteiger partial charge on any atom is 0.326 e. The molecule has 0 radical (unpaired) electrons. The van der Waals surface area contributed by atoms with Crippen molar-refractivity contribution in [3.63, 3.8) is 0 Å². The minimum Gasteiger partial charge on any atom is -0.481 e. The van der Waals surface area contributed by atoms with Gasteiger partial charge in [-0.15, -0.1) is 0 Å². The Kier molecular flexibility index (Phi) is 29.1. The highest BCUT2D eigenvalue weighted by molar-refractivity contribution is 7.98. The first-order valence-electron chi connectivity index (χ1n) is 21.9. The van der Waals surface area contributed by atoms with Crippen LogP contribution in [0.1, 0.15) is 107 Å². The maximum absolute atomic E-state index is 14.0. The molecule has 372 valence electrons. The summed E-state index contributed by atoms with van der Waals surface area (Å²) in [6.45, 7) is 13.6. The molecule has 0 aliphatic rings. The van der Waals surface area contributed by atoms with Crippen molar-refractivity contribution in [2.45, 2.75) is 155 Å². The van der Waals surface area contributed by atoms with Gasteiger partial charge in [0.15, 0.2) is 0 Å². The molecular formula is C42H74N8O13S2. The first kappa shape index (κ1) is 60.4. The van der Waals surface area contributed by atoms with Gasteiger partial charge >= 0.3 is 17.9 Å². The molecule has 65 heavy (non-hydrogen) atoms. The molecule has 21 nitrogen and oxygen atoms in total. The van der Waals surface area contributed by atoms with Crippen LogP contribution in [0.25, 0.3) is 0 Å². The molecule has 23 heteroatoms. The summed E-state index contributed by atoms with van der Waals surface area (Å²) in [4.78, 5) is 131. The number of amides is 7. The van der Waals surface area contributed by atoms with Crippen molar-refractivity contribution < 1.29 is 63.3 Å². The zero-order chi connectivity index (χ0) is 50.1. The van der Waals surface area contributed by atoms with Crippen LogP contribution >= 0.6 is 23.5 Å².